The number of piperidine rings is 1. The Morgan fingerprint density at radius 3 is 1.79 bits per heavy atom. The summed E-state index contributed by atoms with van der Waals surface area (Å²) >= 11 is 6.40. The average molecular weight is 1460 g/mol. The quantitative estimate of drug-likeness (QED) is 0.187. The van der Waals surface area contributed by atoms with Crippen LogP contribution < -0.4 is 16.0 Å². The maximum absolute atomic E-state index is 15.8. The molecule has 7 aliphatic rings. The van der Waals surface area contributed by atoms with E-state index in [2.05, 4.69) is 16.0 Å². The Balaban J connectivity index is 1.29. The number of halogens is 4. The number of alkyl halides is 4. The zero-order valence-electron chi connectivity index (χ0n) is 62.4. The highest BCUT2D eigenvalue weighted by molar-refractivity contribution is 6.21. The molecule has 0 bridgehead atoms. The zero-order valence-corrected chi connectivity index (χ0v) is 63.1. The van der Waals surface area contributed by atoms with Gasteiger partial charge in [0.1, 0.15) is 47.8 Å². The Kier molecular flexibility index (Phi) is 30.2. The molecule has 7 rings (SSSR count). The van der Waals surface area contributed by atoms with Crippen LogP contribution in [0.2, 0.25) is 0 Å². The van der Waals surface area contributed by atoms with Crippen molar-refractivity contribution in [2.24, 2.45) is 35.5 Å². The second kappa shape index (κ2) is 37.1. The van der Waals surface area contributed by atoms with Gasteiger partial charge in [0.25, 0.3) is 0 Å². The van der Waals surface area contributed by atoms with E-state index >= 15 is 28.8 Å². The van der Waals surface area contributed by atoms with Gasteiger partial charge in [-0.25, -0.2) is 0 Å². The summed E-state index contributed by atoms with van der Waals surface area (Å²) in [6.07, 6.45) is 5.03. The van der Waals surface area contributed by atoms with Crippen LogP contribution in [0, 0.1) is 35.5 Å². The van der Waals surface area contributed by atoms with Crippen molar-refractivity contribution >= 4 is 82.5 Å². The average Bonchev–Trinajstić information content (AvgIpc) is 1.45. The van der Waals surface area contributed by atoms with Gasteiger partial charge in [-0.15, -0.1) is 11.6 Å². The molecule has 12 amide bonds. The number of nitrogens with one attached hydrogen (secondary N) is 3. The molecule has 4 saturated carbocycles. The van der Waals surface area contributed by atoms with Gasteiger partial charge in [-0.2, -0.15) is 13.2 Å². The van der Waals surface area contributed by atoms with Gasteiger partial charge < -0.3 is 65.2 Å². The molecule has 0 aromatic rings. The number of carbonyl (C=O) groups excluding carboxylic acids is 12. The predicted octanol–water partition coefficient (Wildman–Crippen LogP) is 5.46. The number of fused-ring (bicyclic) bond motifs is 1. The van der Waals surface area contributed by atoms with Crippen molar-refractivity contribution in [2.45, 2.75) is 267 Å². The number of rotatable bonds is 11. The van der Waals surface area contributed by atoms with E-state index in [9.17, 15) is 47.0 Å². The highest BCUT2D eigenvalue weighted by Crippen LogP contribution is 2.44. The van der Waals surface area contributed by atoms with E-state index in [0.29, 0.717) is 58.0 Å². The molecular formula is C73H118ClF3N12O13. The van der Waals surface area contributed by atoms with Gasteiger partial charge in [0.15, 0.2) is 0 Å². The van der Waals surface area contributed by atoms with Gasteiger partial charge in [-0.3, -0.25) is 57.5 Å². The van der Waals surface area contributed by atoms with Gasteiger partial charge in [-0.1, -0.05) is 98.3 Å². The third kappa shape index (κ3) is 21.0. The Morgan fingerprint density at radius 1 is 0.608 bits per heavy atom. The molecule has 0 aromatic heterocycles. The number of likely N-dealkylation sites (tertiary alicyclic amines) is 1. The van der Waals surface area contributed by atoms with Crippen molar-refractivity contribution in [2.75, 3.05) is 88.6 Å². The molecule has 576 valence electrons. The van der Waals surface area contributed by atoms with Crippen LogP contribution in [0.4, 0.5) is 13.2 Å². The smallest absolute Gasteiger partial charge is 0.391 e. The van der Waals surface area contributed by atoms with Gasteiger partial charge in [0.2, 0.25) is 70.9 Å². The molecular weight excluding hydrogens is 1350 g/mol. The first-order valence-electron chi connectivity index (χ1n) is 37.8. The molecule has 3 aliphatic heterocycles. The number of likely N-dealkylation sites (N-methyl/N-ethyl adjacent to an activating group) is 7. The van der Waals surface area contributed by atoms with Crippen molar-refractivity contribution in [1.29, 1.82) is 0 Å². The largest absolute Gasteiger partial charge is 0.393 e. The number of hydrogen-bond donors (Lipinski definition) is 4. The lowest BCUT2D eigenvalue weighted by molar-refractivity contribution is -0.182. The summed E-state index contributed by atoms with van der Waals surface area (Å²) in [5, 5.41) is 18.9. The lowest BCUT2D eigenvalue weighted by Crippen LogP contribution is -2.65. The fraction of sp³-hybridized carbons (Fsp3) is 0.836. The molecule has 25 nitrogen and oxygen atoms in total. The molecule has 29 heteroatoms. The number of aliphatic hydroxyl groups excluding tert-OH is 1. The molecule has 4 N–H and O–H groups in total. The van der Waals surface area contributed by atoms with Gasteiger partial charge >= 0.3 is 6.18 Å². The first-order valence-corrected chi connectivity index (χ1v) is 38.2. The number of hydrogen-bond acceptors (Lipinski definition) is 13. The van der Waals surface area contributed by atoms with Crippen LogP contribution in [0.5, 0.6) is 0 Å². The van der Waals surface area contributed by atoms with Crippen LogP contribution >= 0.6 is 11.6 Å². The first kappa shape index (κ1) is 83.0. The van der Waals surface area contributed by atoms with Gasteiger partial charge in [0, 0.05) is 80.8 Å². The lowest BCUT2D eigenvalue weighted by atomic mass is 9.78. The van der Waals surface area contributed by atoms with E-state index in [1.54, 1.807) is 11.8 Å². The predicted molar refractivity (Wildman–Crippen MR) is 376 cm³/mol. The van der Waals surface area contributed by atoms with Crippen LogP contribution in [0.1, 0.15) is 201 Å². The van der Waals surface area contributed by atoms with E-state index in [1.165, 1.54) is 68.9 Å². The van der Waals surface area contributed by atoms with Crippen LogP contribution in [-0.2, 0) is 57.5 Å². The number of amides is 12. The molecule has 3 saturated heterocycles. The molecule has 0 aromatic carbocycles. The Labute approximate surface area is 606 Å². The second-order valence-electron chi connectivity index (χ2n) is 31.4. The monoisotopic (exact) mass is 1460 g/mol. The van der Waals surface area contributed by atoms with Crippen molar-refractivity contribution in [3.63, 3.8) is 0 Å². The minimum Gasteiger partial charge on any atom is -0.391 e. The SMILES string of the molecule is CC[C@H](C)[C@@H]1NC(=O)[C@H](CC(C)C)N(C)C(=O)C[C@@H](C(=O)N2CCCCC2)N(C)C(=O)[C@H](C2CCCCC2)N(C)C(=O)C2(CCCC2)NC(=O)[C@@H]2C[C@@H](O)CN2C(=O)[C@H](CCC2CCC(C(F)(F)F)C(Cl)C2)NC(=O)CN(C)C(=O)[C@H](CC2CCCCC2)N(C)C(=O)CN(C)C(=O)CN(C)C1=O. The summed E-state index contributed by atoms with van der Waals surface area (Å²) in [5.41, 5.74) is -1.64. The maximum Gasteiger partial charge on any atom is 0.393 e. The summed E-state index contributed by atoms with van der Waals surface area (Å²) in [5.74, 6) is -11.3. The van der Waals surface area contributed by atoms with E-state index in [0.717, 1.165) is 77.4 Å². The first-order chi connectivity index (χ1) is 48.1. The van der Waals surface area contributed by atoms with E-state index in [1.807, 2.05) is 20.8 Å². The number of aliphatic hydroxyl groups is 1. The van der Waals surface area contributed by atoms with Gasteiger partial charge in [0.05, 0.1) is 38.1 Å². The Hall–Kier alpha value is -6.32. The van der Waals surface area contributed by atoms with Crippen LogP contribution in [0.15, 0.2) is 0 Å². The molecule has 12 atom stereocenters. The number of carbonyl (C=O) groups is 12. The third-order valence-corrected chi connectivity index (χ3v) is 24.0. The number of nitrogens with zero attached hydrogens (tertiary/aromatic N) is 9. The topological polar surface area (TPSA) is 290 Å². The second-order valence-corrected chi connectivity index (χ2v) is 32.0. The minimum absolute atomic E-state index is 0.0110. The summed E-state index contributed by atoms with van der Waals surface area (Å²) in [6, 6.07) is -9.04. The molecule has 3 unspecified atom stereocenters. The molecule has 1 spiro atoms. The van der Waals surface area contributed by atoms with Gasteiger partial charge in [-0.05, 0) is 119 Å². The van der Waals surface area contributed by atoms with Crippen LogP contribution in [0.25, 0.3) is 0 Å². The third-order valence-electron chi connectivity index (χ3n) is 23.5. The minimum atomic E-state index is -4.53. The highest BCUT2D eigenvalue weighted by atomic mass is 35.5. The van der Waals surface area contributed by atoms with Crippen molar-refractivity contribution in [3.8, 4) is 0 Å². The summed E-state index contributed by atoms with van der Waals surface area (Å²) in [6.45, 7) is 5.98. The summed E-state index contributed by atoms with van der Waals surface area (Å²) in [7, 11) is 9.97. The Morgan fingerprint density at radius 2 is 1.20 bits per heavy atom. The van der Waals surface area contributed by atoms with Crippen molar-refractivity contribution < 1.29 is 75.8 Å². The molecule has 0 radical (unpaired) electrons. The summed E-state index contributed by atoms with van der Waals surface area (Å²) in [4.78, 5) is 191. The van der Waals surface area contributed by atoms with Crippen LogP contribution in [0.3, 0.4) is 0 Å². The molecule has 102 heavy (non-hydrogen) atoms. The van der Waals surface area contributed by atoms with Crippen molar-refractivity contribution in [1.82, 2.24) is 60.0 Å². The molecule has 4 aliphatic carbocycles. The van der Waals surface area contributed by atoms with E-state index in [4.69, 9.17) is 11.6 Å². The van der Waals surface area contributed by atoms with Crippen LogP contribution in [-0.4, -0.2) is 274 Å². The standard InChI is InChI=1S/C73H118ClF3N12O13/c1-12-46(4)62-69(100)83(7)43-60(93)81(5)44-61(94)85(9)56(38-47-24-16-13-17-25-47)67(98)82(6)42-58(91)78-53(31-29-48-28-30-51(52(74)37-48)73(75,76)77)66(97)89-41-50(90)39-55(89)65(96)80-72(32-20-21-33-72)71(102)87(11)63(49-26-18-14-19-27-49)70(101)86(10)57(68(99)88-34-22-15-23-35-88)40-59(92)84(8)54(36-45(2)3)64(95)79-62/h45-57,62-63,90H,12-44H2,1-11H3,(H,78,91)(H,79,95)(H,80,96)/t46-,48?,50+,51?,52?,53-,54-,55-,56-,57-,62-,63-/m0/s1. The van der Waals surface area contributed by atoms with E-state index < -0.39 is 186 Å². The molecule has 3 heterocycles. The highest BCUT2D eigenvalue weighted by Gasteiger charge is 2.53. The lowest BCUT2D eigenvalue weighted by Gasteiger charge is -2.43. The summed E-state index contributed by atoms with van der Waals surface area (Å²) < 4.78 is 42.1. The Bertz CT molecular complexity index is 2960. The normalized spacial score (nSPS) is 30.5. The fourth-order valence-electron chi connectivity index (χ4n) is 16.8. The maximum atomic E-state index is 15.8. The van der Waals surface area contributed by atoms with Crippen molar-refractivity contribution in [3.05, 3.63) is 0 Å². The molecule has 7 fully saturated rings. The zero-order chi connectivity index (χ0) is 75.2. The van der Waals surface area contributed by atoms with E-state index in [-0.39, 0.29) is 82.6 Å². The fourth-order valence-corrected chi connectivity index (χ4v) is 17.3.